The summed E-state index contributed by atoms with van der Waals surface area (Å²) in [6, 6.07) is 13.2. The maximum atomic E-state index is 13.7. The van der Waals surface area contributed by atoms with E-state index in [1.54, 1.807) is 0 Å². The molecule has 0 aromatic heterocycles. The van der Waals surface area contributed by atoms with Crippen LogP contribution in [0.4, 0.5) is 11.4 Å². The van der Waals surface area contributed by atoms with Gasteiger partial charge in [0.1, 0.15) is 12.4 Å². The molecule has 35 heavy (non-hydrogen) atoms. The van der Waals surface area contributed by atoms with Gasteiger partial charge in [0.2, 0.25) is 0 Å². The Bertz CT molecular complexity index is 1150. The first-order chi connectivity index (χ1) is 16.5. The molecule has 0 saturated heterocycles. The van der Waals surface area contributed by atoms with Gasteiger partial charge in [-0.15, -0.1) is 11.8 Å². The van der Waals surface area contributed by atoms with Crippen molar-refractivity contribution in [2.45, 2.75) is 55.4 Å². The van der Waals surface area contributed by atoms with Crippen LogP contribution in [0.1, 0.15) is 40.0 Å². The van der Waals surface area contributed by atoms with E-state index in [-0.39, 0.29) is 17.3 Å². The van der Waals surface area contributed by atoms with Gasteiger partial charge in [0.15, 0.2) is 15.4 Å². The number of benzene rings is 2. The number of ether oxygens (including phenoxy) is 2. The maximum absolute atomic E-state index is 13.7. The Hall–Kier alpha value is -2.23. The highest BCUT2D eigenvalue weighted by molar-refractivity contribution is 7.98. The molecule has 0 fully saturated rings. The van der Waals surface area contributed by atoms with Gasteiger partial charge in [-0.1, -0.05) is 44.9 Å². The van der Waals surface area contributed by atoms with Crippen molar-refractivity contribution in [1.82, 2.24) is 0 Å². The highest BCUT2D eigenvalue weighted by atomic mass is 32.2. The largest absolute Gasteiger partial charge is 0.489 e. The van der Waals surface area contributed by atoms with Gasteiger partial charge >= 0.3 is 5.97 Å². The molecule has 0 saturated carbocycles. The third kappa shape index (κ3) is 6.13. The van der Waals surface area contributed by atoms with Crippen molar-refractivity contribution in [2.75, 3.05) is 37.2 Å². The molecule has 1 aliphatic rings. The van der Waals surface area contributed by atoms with E-state index in [4.69, 9.17) is 4.74 Å². The lowest BCUT2D eigenvalue weighted by Crippen LogP contribution is -2.42. The van der Waals surface area contributed by atoms with E-state index in [1.165, 1.54) is 31.9 Å². The van der Waals surface area contributed by atoms with Crippen LogP contribution < -0.4 is 9.64 Å². The zero-order valence-electron chi connectivity index (χ0n) is 21.0. The van der Waals surface area contributed by atoms with Crippen LogP contribution in [0.2, 0.25) is 0 Å². The topological polar surface area (TPSA) is 93.1 Å². The second-order valence-electron chi connectivity index (χ2n) is 9.62. The molecule has 1 aliphatic heterocycles. The summed E-state index contributed by atoms with van der Waals surface area (Å²) in [5, 5.41) is 10.4. The quantitative estimate of drug-likeness (QED) is 0.370. The lowest BCUT2D eigenvalue weighted by Gasteiger charge is -2.34. The summed E-state index contributed by atoms with van der Waals surface area (Å²) in [6.45, 7) is 5.64. The van der Waals surface area contributed by atoms with Crippen LogP contribution in [-0.2, 0) is 19.4 Å². The number of thioether (sulfide) groups is 1. The predicted molar refractivity (Wildman–Crippen MR) is 139 cm³/mol. The van der Waals surface area contributed by atoms with E-state index < -0.39 is 26.8 Å². The molecule has 0 bridgehead atoms. The number of anilines is 2. The Balaban J connectivity index is 2.14. The van der Waals surface area contributed by atoms with Crippen LogP contribution in [-0.4, -0.2) is 57.4 Å². The summed E-state index contributed by atoms with van der Waals surface area (Å²) in [5.41, 5.74) is -0.792. The number of carbonyl (C=O) groups excluding carboxylic acids is 1. The van der Waals surface area contributed by atoms with Crippen molar-refractivity contribution in [1.29, 1.82) is 0 Å². The van der Waals surface area contributed by atoms with E-state index in [2.05, 4.69) is 16.6 Å². The van der Waals surface area contributed by atoms with E-state index >= 15 is 0 Å². The number of para-hydroxylation sites is 1. The Kier molecular flexibility index (Phi) is 8.44. The molecular weight excluding hydrogens is 486 g/mol. The number of esters is 1. The molecule has 0 spiro atoms. The summed E-state index contributed by atoms with van der Waals surface area (Å²) in [7, 11) is -2.48. The maximum Gasteiger partial charge on any atom is 0.341 e. The number of methoxy groups -OCH3 is 1. The molecule has 1 N–H and O–H groups in total. The van der Waals surface area contributed by atoms with Gasteiger partial charge in [0, 0.05) is 18.3 Å². The van der Waals surface area contributed by atoms with Crippen molar-refractivity contribution in [3.05, 3.63) is 42.5 Å². The molecule has 7 nitrogen and oxygen atoms in total. The Morgan fingerprint density at radius 3 is 2.54 bits per heavy atom. The minimum absolute atomic E-state index is 0.0221. The van der Waals surface area contributed by atoms with Crippen LogP contribution in [0.25, 0.3) is 0 Å². The Morgan fingerprint density at radius 2 is 1.94 bits per heavy atom. The molecule has 1 heterocycles. The molecule has 0 aliphatic carbocycles. The van der Waals surface area contributed by atoms with Crippen LogP contribution in [0.15, 0.2) is 52.3 Å². The van der Waals surface area contributed by atoms with E-state index in [1.807, 2.05) is 49.6 Å². The molecule has 0 unspecified atom stereocenters. The Labute approximate surface area is 212 Å². The van der Waals surface area contributed by atoms with Crippen molar-refractivity contribution in [2.24, 2.45) is 5.41 Å². The molecule has 2 aromatic rings. The van der Waals surface area contributed by atoms with Crippen LogP contribution in [0.5, 0.6) is 5.75 Å². The fraction of sp³-hybridized carbons (Fsp3) is 0.500. The molecule has 3 rings (SSSR count). The van der Waals surface area contributed by atoms with Crippen LogP contribution >= 0.6 is 11.8 Å². The van der Waals surface area contributed by atoms with Gasteiger partial charge in [-0.25, -0.2) is 13.2 Å². The number of aliphatic hydroxyl groups is 1. The third-order valence-corrected chi connectivity index (χ3v) is 9.12. The molecule has 192 valence electrons. The smallest absolute Gasteiger partial charge is 0.341 e. The van der Waals surface area contributed by atoms with Crippen molar-refractivity contribution in [3.63, 3.8) is 0 Å². The molecule has 0 radical (unpaired) electrons. The van der Waals surface area contributed by atoms with Crippen molar-refractivity contribution < 1.29 is 27.8 Å². The minimum atomic E-state index is -3.66. The summed E-state index contributed by atoms with van der Waals surface area (Å²) in [6.07, 6.45) is 4.60. The number of carbonyl (C=O) groups is 1. The van der Waals surface area contributed by atoms with E-state index in [9.17, 15) is 18.3 Å². The number of fused-ring (bicyclic) bond motifs is 1. The van der Waals surface area contributed by atoms with Gasteiger partial charge in [-0.2, -0.15) is 0 Å². The summed E-state index contributed by atoms with van der Waals surface area (Å²) >= 11 is 1.41. The number of rotatable bonds is 9. The van der Waals surface area contributed by atoms with Gasteiger partial charge in [0.25, 0.3) is 0 Å². The molecule has 2 aromatic carbocycles. The van der Waals surface area contributed by atoms with Gasteiger partial charge in [0.05, 0.1) is 28.3 Å². The fourth-order valence-corrected chi connectivity index (χ4v) is 7.03. The monoisotopic (exact) mass is 521 g/mol. The standard InChI is InChI=1S/C26H35NO6S2/c1-6-7-13-25(2)16-27(19-11-9-8-10-12-19)20-14-22(34-5)21(15-23(20)35(30,31)18-25)33-17-26(3,29)24(28)32-4/h8-12,14-15,29H,6-7,13,16-18H2,1-5H3/t25-,26+/m1/s1. The average Bonchev–Trinajstić information content (AvgIpc) is 2.92. The van der Waals surface area contributed by atoms with Gasteiger partial charge in [-0.3, -0.25) is 0 Å². The highest BCUT2D eigenvalue weighted by Gasteiger charge is 2.40. The second-order valence-corrected chi connectivity index (χ2v) is 12.4. The zero-order valence-corrected chi connectivity index (χ0v) is 22.7. The van der Waals surface area contributed by atoms with Crippen LogP contribution in [0.3, 0.4) is 0 Å². The number of hydrogen-bond donors (Lipinski definition) is 1. The zero-order chi connectivity index (χ0) is 25.9. The lowest BCUT2D eigenvalue weighted by molar-refractivity contribution is -0.163. The van der Waals surface area contributed by atoms with E-state index in [0.29, 0.717) is 22.9 Å². The van der Waals surface area contributed by atoms with Crippen LogP contribution in [0, 0.1) is 5.41 Å². The summed E-state index contributed by atoms with van der Waals surface area (Å²) in [5.74, 6) is -0.504. The minimum Gasteiger partial charge on any atom is -0.489 e. The summed E-state index contributed by atoms with van der Waals surface area (Å²) in [4.78, 5) is 14.9. The number of unbranched alkanes of at least 4 members (excludes halogenated alkanes) is 1. The second kappa shape index (κ2) is 10.8. The average molecular weight is 522 g/mol. The first-order valence-corrected chi connectivity index (χ1v) is 14.5. The Morgan fingerprint density at radius 1 is 1.26 bits per heavy atom. The number of sulfone groups is 1. The SMILES string of the molecule is CCCC[C@]1(C)CN(c2ccccc2)c2cc(SC)c(OC[C@](C)(O)C(=O)OC)cc2S(=O)(=O)C1. The molecule has 2 atom stereocenters. The van der Waals surface area contributed by atoms with Gasteiger partial charge < -0.3 is 19.5 Å². The first-order valence-electron chi connectivity index (χ1n) is 11.7. The normalized spacial score (nSPS) is 20.9. The summed E-state index contributed by atoms with van der Waals surface area (Å²) < 4.78 is 37.9. The fourth-order valence-electron chi connectivity index (χ4n) is 4.40. The lowest BCUT2D eigenvalue weighted by atomic mass is 9.86. The molecule has 9 heteroatoms. The van der Waals surface area contributed by atoms with Gasteiger partial charge in [-0.05, 0) is 43.2 Å². The molecule has 0 amide bonds. The highest BCUT2D eigenvalue weighted by Crippen LogP contribution is 2.46. The molecular formula is C26H35NO6S2. The van der Waals surface area contributed by atoms with E-state index in [0.717, 1.165) is 24.9 Å². The predicted octanol–water partition coefficient (Wildman–Crippen LogP) is 4.83. The number of hydrogen-bond acceptors (Lipinski definition) is 8. The third-order valence-electron chi connectivity index (χ3n) is 6.29. The van der Waals surface area contributed by atoms with Crippen molar-refractivity contribution in [3.8, 4) is 5.75 Å². The first kappa shape index (κ1) is 27.4. The van der Waals surface area contributed by atoms with Crippen molar-refractivity contribution >= 4 is 38.9 Å². The number of nitrogens with zero attached hydrogens (tertiary/aromatic N) is 1.